The molecule has 38 heavy (non-hydrogen) atoms. The summed E-state index contributed by atoms with van der Waals surface area (Å²) in [7, 11) is 5.06. The second-order valence-electron chi connectivity index (χ2n) is 9.29. The van der Waals surface area contributed by atoms with Crippen LogP contribution in [0.15, 0.2) is 48.5 Å². The molecule has 10 heteroatoms. The minimum atomic E-state index is -0.289. The van der Waals surface area contributed by atoms with Crippen LogP contribution in [-0.4, -0.2) is 67.4 Å². The summed E-state index contributed by atoms with van der Waals surface area (Å²) in [5.41, 5.74) is 3.41. The molecule has 2 atom stereocenters. The predicted molar refractivity (Wildman–Crippen MR) is 147 cm³/mol. The lowest BCUT2D eigenvalue weighted by molar-refractivity contribution is -0.123. The van der Waals surface area contributed by atoms with Gasteiger partial charge in [0.05, 0.1) is 37.0 Å². The molecule has 2 aliphatic rings. The number of ether oxygens (including phenoxy) is 3. The largest absolute Gasteiger partial charge is 0.497 e. The van der Waals surface area contributed by atoms with E-state index < -0.39 is 0 Å². The number of amides is 2. The molecule has 1 fully saturated rings. The van der Waals surface area contributed by atoms with Gasteiger partial charge in [-0.1, -0.05) is 30.3 Å². The van der Waals surface area contributed by atoms with Gasteiger partial charge in [0.25, 0.3) is 0 Å². The molecule has 3 heterocycles. The number of carbonyl (C=O) groups excluding carboxylic acids is 2. The van der Waals surface area contributed by atoms with Crippen molar-refractivity contribution in [1.82, 2.24) is 15.1 Å². The van der Waals surface area contributed by atoms with Gasteiger partial charge >= 0.3 is 0 Å². The Morgan fingerprint density at radius 1 is 1.18 bits per heavy atom. The zero-order valence-corrected chi connectivity index (χ0v) is 22.6. The molecule has 1 aromatic heterocycles. The highest BCUT2D eigenvalue weighted by Crippen LogP contribution is 2.50. The lowest BCUT2D eigenvalue weighted by Crippen LogP contribution is -2.44. The van der Waals surface area contributed by atoms with Crippen molar-refractivity contribution in [3.05, 3.63) is 59.7 Å². The van der Waals surface area contributed by atoms with Crippen LogP contribution in [0.3, 0.4) is 0 Å². The second kappa shape index (κ2) is 11.5. The van der Waals surface area contributed by atoms with Crippen molar-refractivity contribution in [3.8, 4) is 22.8 Å². The number of hydrogen-bond acceptors (Lipinski definition) is 7. The Labute approximate surface area is 226 Å². The number of thioether (sulfide) groups is 1. The first-order valence-electron chi connectivity index (χ1n) is 12.6. The number of carbonyl (C=O) groups is 2. The van der Waals surface area contributed by atoms with Crippen LogP contribution in [0.2, 0.25) is 0 Å². The number of aryl methyl sites for hydroxylation is 1. The van der Waals surface area contributed by atoms with Crippen LogP contribution in [0.25, 0.3) is 11.3 Å². The topological polar surface area (TPSA) is 94.9 Å². The maximum absolute atomic E-state index is 13.5. The zero-order valence-electron chi connectivity index (χ0n) is 21.8. The van der Waals surface area contributed by atoms with E-state index in [0.717, 1.165) is 41.8 Å². The van der Waals surface area contributed by atoms with Crippen LogP contribution >= 0.6 is 11.8 Å². The number of hydrogen-bond donors (Lipinski definition) is 1. The van der Waals surface area contributed by atoms with E-state index in [9.17, 15) is 9.59 Å². The number of fused-ring (bicyclic) bond motifs is 1. The lowest BCUT2D eigenvalue weighted by atomic mass is 9.98. The molecular weight excluding hydrogens is 504 g/mol. The highest BCUT2D eigenvalue weighted by Gasteiger charge is 2.38. The first kappa shape index (κ1) is 26.1. The van der Waals surface area contributed by atoms with Crippen LogP contribution in [-0.2, 0) is 21.4 Å². The van der Waals surface area contributed by atoms with E-state index in [1.807, 2.05) is 55.6 Å². The molecule has 0 bridgehead atoms. The van der Waals surface area contributed by atoms with Gasteiger partial charge in [-0.3, -0.25) is 19.2 Å². The van der Waals surface area contributed by atoms with Crippen molar-refractivity contribution < 1.29 is 23.8 Å². The number of benzene rings is 2. The zero-order chi connectivity index (χ0) is 26.6. The van der Waals surface area contributed by atoms with Crippen LogP contribution in [0.4, 0.5) is 5.82 Å². The molecule has 0 saturated carbocycles. The molecule has 1 N–H and O–H groups in total. The standard InChI is InChI=1S/C28H32N4O5S/c1-31-28-25(26(30-31)18-8-5-4-6-9-18)27(21-14-19(35-2)11-12-22(21)36-3)38-17-24(34)32(28)16-23(33)29-15-20-10-7-13-37-20/h4-6,8-9,11-12,14,20,27H,7,10,13,15-17H2,1-3H3,(H,29,33). The molecule has 3 aromatic rings. The van der Waals surface area contributed by atoms with Crippen molar-refractivity contribution in [1.29, 1.82) is 0 Å². The lowest BCUT2D eigenvalue weighted by Gasteiger charge is -2.23. The van der Waals surface area contributed by atoms with E-state index in [1.54, 1.807) is 23.8 Å². The molecule has 0 spiro atoms. The molecule has 2 unspecified atom stereocenters. The second-order valence-corrected chi connectivity index (χ2v) is 10.4. The Bertz CT molecular complexity index is 1310. The van der Waals surface area contributed by atoms with Crippen LogP contribution in [0.1, 0.15) is 29.2 Å². The Kier molecular flexibility index (Phi) is 7.90. The quantitative estimate of drug-likeness (QED) is 0.470. The third kappa shape index (κ3) is 5.23. The van der Waals surface area contributed by atoms with Crippen molar-refractivity contribution in [2.45, 2.75) is 24.2 Å². The first-order valence-corrected chi connectivity index (χ1v) is 13.7. The number of aromatic nitrogens is 2. The Morgan fingerprint density at radius 3 is 2.71 bits per heavy atom. The SMILES string of the molecule is COc1ccc(OC)c(C2SCC(=O)N(CC(=O)NCC3CCCO3)c3c2c(-c2ccccc2)nn3C)c1. The fourth-order valence-electron chi connectivity index (χ4n) is 5.02. The minimum Gasteiger partial charge on any atom is -0.497 e. The van der Waals surface area contributed by atoms with Crippen molar-refractivity contribution in [2.75, 3.05) is 44.6 Å². The average molecular weight is 537 g/mol. The summed E-state index contributed by atoms with van der Waals surface area (Å²) in [6, 6.07) is 15.5. The molecule has 2 amide bonds. The minimum absolute atomic E-state index is 0.0243. The van der Waals surface area contributed by atoms with Gasteiger partial charge in [-0.25, -0.2) is 0 Å². The average Bonchev–Trinajstić information content (AvgIpc) is 3.55. The third-order valence-corrected chi connectivity index (χ3v) is 8.10. The number of rotatable bonds is 8. The molecule has 0 radical (unpaired) electrons. The number of nitrogens with one attached hydrogen (secondary N) is 1. The highest BCUT2D eigenvalue weighted by molar-refractivity contribution is 8.00. The maximum atomic E-state index is 13.5. The molecule has 200 valence electrons. The summed E-state index contributed by atoms with van der Waals surface area (Å²) in [4.78, 5) is 28.1. The van der Waals surface area contributed by atoms with Crippen molar-refractivity contribution in [3.63, 3.8) is 0 Å². The van der Waals surface area contributed by atoms with Gasteiger partial charge in [0.15, 0.2) is 0 Å². The van der Waals surface area contributed by atoms with E-state index in [0.29, 0.717) is 23.9 Å². The normalized spacial score (nSPS) is 19.1. The Hall–Kier alpha value is -3.50. The molecule has 5 rings (SSSR count). The summed E-state index contributed by atoms with van der Waals surface area (Å²) in [6.45, 7) is 1.06. The molecule has 1 saturated heterocycles. The van der Waals surface area contributed by atoms with Gasteiger partial charge in [-0.2, -0.15) is 5.10 Å². The Balaban J connectivity index is 1.59. The van der Waals surface area contributed by atoms with Crippen molar-refractivity contribution in [2.24, 2.45) is 7.05 Å². The first-order chi connectivity index (χ1) is 18.5. The van der Waals surface area contributed by atoms with E-state index in [4.69, 9.17) is 19.3 Å². The van der Waals surface area contributed by atoms with E-state index in [1.165, 1.54) is 11.8 Å². The van der Waals surface area contributed by atoms with Gasteiger partial charge in [0.1, 0.15) is 23.9 Å². The van der Waals surface area contributed by atoms with Gasteiger partial charge < -0.3 is 19.5 Å². The fourth-order valence-corrected chi connectivity index (χ4v) is 6.23. The van der Waals surface area contributed by atoms with Gasteiger partial charge in [0, 0.05) is 36.9 Å². The predicted octanol–water partition coefficient (Wildman–Crippen LogP) is 3.57. The smallest absolute Gasteiger partial charge is 0.240 e. The monoisotopic (exact) mass is 536 g/mol. The number of methoxy groups -OCH3 is 2. The van der Waals surface area contributed by atoms with Crippen LogP contribution in [0, 0.1) is 0 Å². The Morgan fingerprint density at radius 2 is 2.00 bits per heavy atom. The van der Waals surface area contributed by atoms with E-state index >= 15 is 0 Å². The summed E-state index contributed by atoms with van der Waals surface area (Å²) in [6.07, 6.45) is 1.95. The van der Waals surface area contributed by atoms with E-state index in [-0.39, 0.29) is 35.5 Å². The van der Waals surface area contributed by atoms with Gasteiger partial charge in [0.2, 0.25) is 11.8 Å². The molecule has 0 aliphatic carbocycles. The summed E-state index contributed by atoms with van der Waals surface area (Å²) >= 11 is 1.49. The number of nitrogens with zero attached hydrogens (tertiary/aromatic N) is 3. The summed E-state index contributed by atoms with van der Waals surface area (Å²) in [5, 5.41) is 7.52. The van der Waals surface area contributed by atoms with Gasteiger partial charge in [-0.05, 0) is 31.0 Å². The maximum Gasteiger partial charge on any atom is 0.240 e. The highest BCUT2D eigenvalue weighted by atomic mass is 32.2. The summed E-state index contributed by atoms with van der Waals surface area (Å²) < 4.78 is 18.6. The van der Waals surface area contributed by atoms with Crippen LogP contribution in [0.5, 0.6) is 11.5 Å². The van der Waals surface area contributed by atoms with E-state index in [2.05, 4.69) is 5.32 Å². The van der Waals surface area contributed by atoms with Gasteiger partial charge in [-0.15, -0.1) is 11.8 Å². The molecule has 9 nitrogen and oxygen atoms in total. The molecule has 2 aromatic carbocycles. The fraction of sp³-hybridized carbons (Fsp3) is 0.393. The molecule has 2 aliphatic heterocycles. The third-order valence-electron chi connectivity index (χ3n) is 6.86. The number of anilines is 1. The molecular formula is C28H32N4O5S. The summed E-state index contributed by atoms with van der Waals surface area (Å²) in [5.74, 6) is 1.77. The van der Waals surface area contributed by atoms with Crippen molar-refractivity contribution >= 4 is 29.4 Å². The van der Waals surface area contributed by atoms with Crippen LogP contribution < -0.4 is 19.7 Å².